The monoisotopic (exact) mass is 229 g/mol. The number of carboxylic acids is 1. The maximum absolute atomic E-state index is 11.6. The molecule has 0 aromatic heterocycles. The van der Waals surface area contributed by atoms with Crippen LogP contribution in [0.5, 0.6) is 0 Å². The Morgan fingerprint density at radius 3 is 2.44 bits per heavy atom. The van der Waals surface area contributed by atoms with Gasteiger partial charge in [0.15, 0.2) is 0 Å². The number of carbonyl (C=O) groups is 2. The number of hydrogen-bond acceptors (Lipinski definition) is 3. The zero-order valence-corrected chi connectivity index (χ0v) is 9.97. The molecule has 0 aliphatic heterocycles. The number of methoxy groups -OCH3 is 1. The highest BCUT2D eigenvalue weighted by atomic mass is 16.5. The first-order valence-corrected chi connectivity index (χ1v) is 5.16. The van der Waals surface area contributed by atoms with E-state index in [2.05, 4.69) is 0 Å². The van der Waals surface area contributed by atoms with Gasteiger partial charge in [-0.1, -0.05) is 13.8 Å². The van der Waals surface area contributed by atoms with Crippen molar-refractivity contribution in [2.75, 3.05) is 26.8 Å². The molecular formula is C11H19NO4. The molecule has 5 heteroatoms. The first kappa shape index (κ1) is 14.6. The predicted molar refractivity (Wildman–Crippen MR) is 60.1 cm³/mol. The second-order valence-corrected chi connectivity index (χ2v) is 3.84. The van der Waals surface area contributed by atoms with Gasteiger partial charge in [0.1, 0.15) is 0 Å². The topological polar surface area (TPSA) is 66.8 Å². The lowest BCUT2D eigenvalue weighted by Crippen LogP contribution is -2.35. The van der Waals surface area contributed by atoms with E-state index in [0.29, 0.717) is 25.6 Å². The molecule has 0 saturated carbocycles. The molecule has 0 aromatic carbocycles. The van der Waals surface area contributed by atoms with Crippen LogP contribution in [0.2, 0.25) is 0 Å². The summed E-state index contributed by atoms with van der Waals surface area (Å²) >= 11 is 0. The zero-order valence-electron chi connectivity index (χ0n) is 9.97. The fraction of sp³-hybridized carbons (Fsp3) is 0.636. The molecular weight excluding hydrogens is 210 g/mol. The number of carbonyl (C=O) groups excluding carboxylic acids is 1. The highest BCUT2D eigenvalue weighted by Gasteiger charge is 2.12. The van der Waals surface area contributed by atoms with Gasteiger partial charge in [-0.3, -0.25) is 4.79 Å². The molecule has 0 unspecified atom stereocenters. The van der Waals surface area contributed by atoms with E-state index < -0.39 is 5.97 Å². The van der Waals surface area contributed by atoms with Crippen LogP contribution in [0.15, 0.2) is 12.2 Å². The van der Waals surface area contributed by atoms with E-state index in [-0.39, 0.29) is 5.91 Å². The minimum atomic E-state index is -1.12. The summed E-state index contributed by atoms with van der Waals surface area (Å²) in [6.07, 6.45) is 1.92. The Balaban J connectivity index is 4.36. The summed E-state index contributed by atoms with van der Waals surface area (Å²) in [4.78, 5) is 23.5. The first-order valence-electron chi connectivity index (χ1n) is 5.16. The molecule has 0 aromatic rings. The molecule has 0 bridgehead atoms. The maximum Gasteiger partial charge on any atom is 0.328 e. The van der Waals surface area contributed by atoms with Crippen molar-refractivity contribution in [3.05, 3.63) is 12.2 Å². The Morgan fingerprint density at radius 1 is 1.38 bits per heavy atom. The van der Waals surface area contributed by atoms with Crippen LogP contribution in [0.25, 0.3) is 0 Å². The molecule has 0 saturated heterocycles. The average molecular weight is 229 g/mol. The molecule has 0 atom stereocenters. The summed E-state index contributed by atoms with van der Waals surface area (Å²) in [5.74, 6) is -1.09. The van der Waals surface area contributed by atoms with Crippen molar-refractivity contribution in [3.63, 3.8) is 0 Å². The number of ether oxygens (including phenoxy) is 1. The minimum absolute atomic E-state index is 0.298. The smallest absolute Gasteiger partial charge is 0.328 e. The molecule has 0 aliphatic carbocycles. The highest BCUT2D eigenvalue weighted by molar-refractivity contribution is 5.93. The van der Waals surface area contributed by atoms with Crippen molar-refractivity contribution in [2.24, 2.45) is 5.92 Å². The van der Waals surface area contributed by atoms with Gasteiger partial charge in [-0.25, -0.2) is 4.79 Å². The van der Waals surface area contributed by atoms with Crippen LogP contribution in [0.1, 0.15) is 13.8 Å². The molecule has 1 N–H and O–H groups in total. The second kappa shape index (κ2) is 7.87. The fourth-order valence-corrected chi connectivity index (χ4v) is 1.18. The van der Waals surface area contributed by atoms with Crippen LogP contribution in [-0.4, -0.2) is 48.7 Å². The summed E-state index contributed by atoms with van der Waals surface area (Å²) in [5.41, 5.74) is 0. The normalized spacial score (nSPS) is 11.0. The van der Waals surface area contributed by atoms with Gasteiger partial charge in [-0.2, -0.15) is 0 Å². The van der Waals surface area contributed by atoms with E-state index in [9.17, 15) is 9.59 Å². The van der Waals surface area contributed by atoms with Gasteiger partial charge in [0.2, 0.25) is 5.91 Å². The van der Waals surface area contributed by atoms with E-state index >= 15 is 0 Å². The van der Waals surface area contributed by atoms with Crippen molar-refractivity contribution in [2.45, 2.75) is 13.8 Å². The molecule has 0 aliphatic rings. The van der Waals surface area contributed by atoms with Gasteiger partial charge in [0.05, 0.1) is 6.61 Å². The van der Waals surface area contributed by atoms with Gasteiger partial charge in [-0.15, -0.1) is 0 Å². The molecule has 0 rings (SSSR count). The average Bonchev–Trinajstić information content (AvgIpc) is 2.20. The first-order chi connectivity index (χ1) is 7.47. The SMILES string of the molecule is COCCN(CC(C)C)C(=O)/C=C/C(=O)O. The summed E-state index contributed by atoms with van der Waals surface area (Å²) in [5, 5.41) is 8.42. The molecule has 0 fully saturated rings. The van der Waals surface area contributed by atoms with Crippen LogP contribution in [0.4, 0.5) is 0 Å². The lowest BCUT2D eigenvalue weighted by molar-refractivity contribution is -0.132. The van der Waals surface area contributed by atoms with Gasteiger partial charge >= 0.3 is 5.97 Å². The summed E-state index contributed by atoms with van der Waals surface area (Å²) < 4.78 is 4.90. The zero-order chi connectivity index (χ0) is 12.6. The lowest BCUT2D eigenvalue weighted by Gasteiger charge is -2.22. The van der Waals surface area contributed by atoms with Crippen LogP contribution in [-0.2, 0) is 14.3 Å². The Labute approximate surface area is 95.7 Å². The number of nitrogens with zero attached hydrogens (tertiary/aromatic N) is 1. The largest absolute Gasteiger partial charge is 0.478 e. The minimum Gasteiger partial charge on any atom is -0.478 e. The van der Waals surface area contributed by atoms with Gasteiger partial charge in [-0.05, 0) is 5.92 Å². The summed E-state index contributed by atoms with van der Waals surface area (Å²) in [6, 6.07) is 0. The van der Waals surface area contributed by atoms with Crippen molar-refractivity contribution in [1.82, 2.24) is 4.90 Å². The van der Waals surface area contributed by atoms with Crippen LogP contribution >= 0.6 is 0 Å². The van der Waals surface area contributed by atoms with Crippen LogP contribution < -0.4 is 0 Å². The van der Waals surface area contributed by atoms with Gasteiger partial charge < -0.3 is 14.7 Å². The maximum atomic E-state index is 11.6. The number of amides is 1. The molecule has 0 heterocycles. The molecule has 0 spiro atoms. The van der Waals surface area contributed by atoms with Crippen molar-refractivity contribution in [3.8, 4) is 0 Å². The highest BCUT2D eigenvalue weighted by Crippen LogP contribution is 2.00. The van der Waals surface area contributed by atoms with E-state index in [1.165, 1.54) is 0 Å². The number of hydrogen-bond donors (Lipinski definition) is 1. The summed E-state index contributed by atoms with van der Waals surface area (Å²) in [7, 11) is 1.56. The molecule has 16 heavy (non-hydrogen) atoms. The van der Waals surface area contributed by atoms with Crippen LogP contribution in [0.3, 0.4) is 0 Å². The summed E-state index contributed by atoms with van der Waals surface area (Å²) in [6.45, 7) is 5.49. The molecule has 92 valence electrons. The third-order valence-corrected chi connectivity index (χ3v) is 1.83. The van der Waals surface area contributed by atoms with Crippen LogP contribution in [0, 0.1) is 5.92 Å². The van der Waals surface area contributed by atoms with Crippen molar-refractivity contribution in [1.29, 1.82) is 0 Å². The molecule has 1 amide bonds. The number of rotatable bonds is 7. The van der Waals surface area contributed by atoms with Crippen molar-refractivity contribution < 1.29 is 19.4 Å². The number of aliphatic carboxylic acids is 1. The van der Waals surface area contributed by atoms with E-state index in [4.69, 9.17) is 9.84 Å². The lowest BCUT2D eigenvalue weighted by atomic mass is 10.2. The standard InChI is InChI=1S/C11H19NO4/c1-9(2)8-12(6-7-16-3)10(13)4-5-11(14)15/h4-5,9H,6-8H2,1-3H3,(H,14,15)/b5-4+. The van der Waals surface area contributed by atoms with Gasteiger partial charge in [0, 0.05) is 32.4 Å². The van der Waals surface area contributed by atoms with Gasteiger partial charge in [0.25, 0.3) is 0 Å². The molecule has 5 nitrogen and oxygen atoms in total. The predicted octanol–water partition coefficient (Wildman–Crippen LogP) is 0.758. The Hall–Kier alpha value is -1.36. The molecule has 0 radical (unpaired) electrons. The fourth-order valence-electron chi connectivity index (χ4n) is 1.18. The Kier molecular flexibility index (Phi) is 7.20. The van der Waals surface area contributed by atoms with E-state index in [1.54, 1.807) is 12.0 Å². The van der Waals surface area contributed by atoms with Crippen molar-refractivity contribution >= 4 is 11.9 Å². The third kappa shape index (κ3) is 7.00. The van der Waals surface area contributed by atoms with E-state index in [0.717, 1.165) is 12.2 Å². The number of carboxylic acid groups (broad SMARTS) is 1. The second-order valence-electron chi connectivity index (χ2n) is 3.84. The quantitative estimate of drug-likeness (QED) is 0.654. The Morgan fingerprint density at radius 2 is 2.00 bits per heavy atom. The Bertz CT molecular complexity index is 261. The van der Waals surface area contributed by atoms with E-state index in [1.807, 2.05) is 13.8 Å². The third-order valence-electron chi connectivity index (χ3n) is 1.83.